The molecule has 1 unspecified atom stereocenters. The van der Waals surface area contributed by atoms with E-state index in [2.05, 4.69) is 26.7 Å². The zero-order valence-corrected chi connectivity index (χ0v) is 20.5. The average Bonchev–Trinajstić information content (AvgIpc) is 3.15. The van der Waals surface area contributed by atoms with Gasteiger partial charge in [0, 0.05) is 69.3 Å². The molecular formula is C21H28N8O2S2. The fourth-order valence-electron chi connectivity index (χ4n) is 4.19. The Bertz CT molecular complexity index is 1160. The molecule has 3 aromatic rings. The molecule has 2 fully saturated rings. The van der Waals surface area contributed by atoms with Crippen molar-refractivity contribution in [1.29, 1.82) is 0 Å². The first-order chi connectivity index (χ1) is 16.0. The molecule has 33 heavy (non-hydrogen) atoms. The molecule has 3 aromatic heterocycles. The summed E-state index contributed by atoms with van der Waals surface area (Å²) in [4.78, 5) is 24.1. The number of hydrogen-bond acceptors (Lipinski definition) is 10. The van der Waals surface area contributed by atoms with Gasteiger partial charge in [0.15, 0.2) is 11.6 Å². The molecule has 1 atom stereocenters. The number of anilines is 2. The number of thiophene rings is 1. The maximum absolute atomic E-state index is 11.8. The Morgan fingerprint density at radius 2 is 1.79 bits per heavy atom. The van der Waals surface area contributed by atoms with Crippen LogP contribution in [0.4, 0.5) is 11.8 Å². The van der Waals surface area contributed by atoms with Gasteiger partial charge >= 0.3 is 0 Å². The summed E-state index contributed by atoms with van der Waals surface area (Å²) in [5.41, 5.74) is 8.59. The van der Waals surface area contributed by atoms with Gasteiger partial charge < -0.3 is 15.4 Å². The van der Waals surface area contributed by atoms with Gasteiger partial charge in [0.1, 0.15) is 0 Å². The highest BCUT2D eigenvalue weighted by Gasteiger charge is 2.25. The standard InChI is InChI=1S/C21H28N8O2S2/c1-14-16(13-27-3-5-29(6-4-27)33(2)30)32-18-17(14)25-19(15-11-23-21(22)24-12-15)26-20(18)28-7-9-31-10-8-28/h11-12H,3-10,13H2,1-2H3,(H2,22,23,24). The van der Waals surface area contributed by atoms with Gasteiger partial charge in [-0.3, -0.25) is 4.90 Å². The molecule has 2 aliphatic heterocycles. The van der Waals surface area contributed by atoms with Crippen LogP contribution in [-0.4, -0.2) is 92.1 Å². The highest BCUT2D eigenvalue weighted by atomic mass is 32.2. The number of nitrogens with two attached hydrogens (primary N) is 1. The van der Waals surface area contributed by atoms with Crippen LogP contribution in [0, 0.1) is 6.92 Å². The third kappa shape index (κ3) is 4.71. The van der Waals surface area contributed by atoms with Crippen molar-refractivity contribution in [3.8, 4) is 11.4 Å². The summed E-state index contributed by atoms with van der Waals surface area (Å²) in [5.74, 6) is 1.78. The van der Waals surface area contributed by atoms with Gasteiger partial charge in [0.2, 0.25) is 5.95 Å². The summed E-state index contributed by atoms with van der Waals surface area (Å²) >= 11 is 1.78. The smallest absolute Gasteiger partial charge is 0.219 e. The molecule has 2 aliphatic rings. The number of rotatable bonds is 5. The van der Waals surface area contributed by atoms with Crippen LogP contribution in [0.1, 0.15) is 10.4 Å². The van der Waals surface area contributed by atoms with E-state index in [4.69, 9.17) is 20.4 Å². The van der Waals surface area contributed by atoms with Crippen LogP contribution in [0.2, 0.25) is 0 Å². The van der Waals surface area contributed by atoms with Crippen LogP contribution < -0.4 is 10.6 Å². The third-order valence-corrected chi connectivity index (χ3v) is 8.50. The molecule has 176 valence electrons. The molecule has 0 amide bonds. The second-order valence-corrected chi connectivity index (χ2v) is 10.7. The van der Waals surface area contributed by atoms with Crippen molar-refractivity contribution in [1.82, 2.24) is 29.1 Å². The Kier molecular flexibility index (Phi) is 6.52. The van der Waals surface area contributed by atoms with E-state index in [9.17, 15) is 4.21 Å². The maximum Gasteiger partial charge on any atom is 0.219 e. The molecule has 5 heterocycles. The van der Waals surface area contributed by atoms with Crippen LogP contribution in [0.5, 0.6) is 0 Å². The monoisotopic (exact) mass is 488 g/mol. The first-order valence-corrected chi connectivity index (χ1v) is 13.3. The molecule has 2 N–H and O–H groups in total. The number of aryl methyl sites for hydroxylation is 1. The lowest BCUT2D eigenvalue weighted by atomic mass is 10.2. The first-order valence-electron chi connectivity index (χ1n) is 11.0. The van der Waals surface area contributed by atoms with Crippen LogP contribution >= 0.6 is 11.3 Å². The molecule has 0 spiro atoms. The Hall–Kier alpha value is -2.25. The quantitative estimate of drug-likeness (QED) is 0.567. The van der Waals surface area contributed by atoms with Gasteiger partial charge in [-0.15, -0.1) is 11.3 Å². The van der Waals surface area contributed by atoms with E-state index in [0.29, 0.717) is 19.0 Å². The number of fused-ring (bicyclic) bond motifs is 1. The normalized spacial score (nSPS) is 19.3. The Labute approximate surface area is 199 Å². The van der Waals surface area contributed by atoms with Crippen molar-refractivity contribution in [2.45, 2.75) is 13.5 Å². The topological polar surface area (TPSA) is 114 Å². The van der Waals surface area contributed by atoms with Crippen molar-refractivity contribution in [2.75, 3.05) is 69.4 Å². The largest absolute Gasteiger partial charge is 0.378 e. The zero-order chi connectivity index (χ0) is 22.9. The van der Waals surface area contributed by atoms with Crippen molar-refractivity contribution < 1.29 is 8.95 Å². The summed E-state index contributed by atoms with van der Waals surface area (Å²) < 4.78 is 20.5. The van der Waals surface area contributed by atoms with E-state index in [-0.39, 0.29) is 5.95 Å². The van der Waals surface area contributed by atoms with Crippen LogP contribution in [0.15, 0.2) is 12.4 Å². The molecule has 0 radical (unpaired) electrons. The minimum Gasteiger partial charge on any atom is -0.378 e. The van der Waals surface area contributed by atoms with Gasteiger partial charge in [0.25, 0.3) is 0 Å². The van der Waals surface area contributed by atoms with Crippen LogP contribution in [-0.2, 0) is 22.3 Å². The SMILES string of the molecule is Cc1c(CN2CCN(S(C)=O)CC2)sc2c(N3CCOCC3)nc(-c3cnc(N)nc3)nc12. The number of piperazine rings is 1. The van der Waals surface area contributed by atoms with E-state index >= 15 is 0 Å². The zero-order valence-electron chi connectivity index (χ0n) is 18.9. The lowest BCUT2D eigenvalue weighted by Gasteiger charge is -2.32. The highest BCUT2D eigenvalue weighted by Crippen LogP contribution is 2.38. The summed E-state index contributed by atoms with van der Waals surface area (Å²) in [6.45, 7) is 9.44. The molecular weight excluding hydrogens is 460 g/mol. The van der Waals surface area contributed by atoms with E-state index in [1.165, 1.54) is 10.4 Å². The molecule has 0 saturated carbocycles. The van der Waals surface area contributed by atoms with E-state index in [1.807, 2.05) is 4.31 Å². The number of morpholine rings is 1. The number of ether oxygens (including phenoxy) is 1. The third-order valence-electron chi connectivity index (χ3n) is 6.15. The average molecular weight is 489 g/mol. The summed E-state index contributed by atoms with van der Waals surface area (Å²) in [7, 11) is -0.902. The van der Waals surface area contributed by atoms with E-state index in [1.54, 1.807) is 30.0 Å². The fraction of sp³-hybridized carbons (Fsp3) is 0.524. The lowest BCUT2D eigenvalue weighted by molar-refractivity contribution is 0.122. The number of hydrogen-bond donors (Lipinski definition) is 1. The van der Waals surface area contributed by atoms with Gasteiger partial charge in [-0.25, -0.2) is 28.5 Å². The van der Waals surface area contributed by atoms with Crippen molar-refractivity contribution in [2.24, 2.45) is 0 Å². The second kappa shape index (κ2) is 9.55. The minimum absolute atomic E-state index is 0.231. The lowest BCUT2D eigenvalue weighted by Crippen LogP contribution is -2.46. The Balaban J connectivity index is 1.51. The van der Waals surface area contributed by atoms with Gasteiger partial charge in [-0.1, -0.05) is 0 Å². The first kappa shape index (κ1) is 22.5. The van der Waals surface area contributed by atoms with Gasteiger partial charge in [0.05, 0.1) is 40.0 Å². The van der Waals surface area contributed by atoms with Gasteiger partial charge in [-0.2, -0.15) is 0 Å². The molecule has 12 heteroatoms. The van der Waals surface area contributed by atoms with E-state index in [0.717, 1.165) is 67.4 Å². The Morgan fingerprint density at radius 1 is 1.09 bits per heavy atom. The summed E-state index contributed by atoms with van der Waals surface area (Å²) in [5, 5.41) is 0. The number of nitrogens with zero attached hydrogens (tertiary/aromatic N) is 7. The van der Waals surface area contributed by atoms with E-state index < -0.39 is 11.0 Å². The summed E-state index contributed by atoms with van der Waals surface area (Å²) in [6.07, 6.45) is 5.10. The molecule has 0 aliphatic carbocycles. The number of nitrogen functional groups attached to an aromatic ring is 1. The van der Waals surface area contributed by atoms with Crippen molar-refractivity contribution in [3.63, 3.8) is 0 Å². The predicted octanol–water partition coefficient (Wildman–Crippen LogP) is 1.29. The Morgan fingerprint density at radius 3 is 2.45 bits per heavy atom. The summed E-state index contributed by atoms with van der Waals surface area (Å²) in [6, 6.07) is 0. The minimum atomic E-state index is -0.902. The fourth-order valence-corrected chi connectivity index (χ4v) is 6.17. The van der Waals surface area contributed by atoms with Crippen LogP contribution in [0.3, 0.4) is 0 Å². The highest BCUT2D eigenvalue weighted by molar-refractivity contribution is 7.81. The van der Waals surface area contributed by atoms with Crippen molar-refractivity contribution >= 4 is 44.3 Å². The number of aromatic nitrogens is 4. The van der Waals surface area contributed by atoms with Crippen LogP contribution in [0.25, 0.3) is 21.6 Å². The van der Waals surface area contributed by atoms with Gasteiger partial charge in [-0.05, 0) is 12.5 Å². The van der Waals surface area contributed by atoms with Crippen molar-refractivity contribution in [3.05, 3.63) is 22.8 Å². The second-order valence-electron chi connectivity index (χ2n) is 8.26. The predicted molar refractivity (Wildman–Crippen MR) is 132 cm³/mol. The molecule has 0 bridgehead atoms. The molecule has 0 aromatic carbocycles. The maximum atomic E-state index is 11.8. The molecule has 5 rings (SSSR count). The molecule has 10 nitrogen and oxygen atoms in total. The molecule has 2 saturated heterocycles.